The van der Waals surface area contributed by atoms with Gasteiger partial charge in [-0.05, 0) is 80.1 Å². The van der Waals surface area contributed by atoms with Gasteiger partial charge < -0.3 is 14.0 Å². The number of carbonyl (C=O) groups excluding carboxylic acids is 1. The molecule has 1 aliphatic heterocycles. The summed E-state index contributed by atoms with van der Waals surface area (Å²) in [6, 6.07) is 15.8. The Morgan fingerprint density at radius 3 is 2.56 bits per heavy atom. The van der Waals surface area contributed by atoms with E-state index in [0.717, 1.165) is 16.9 Å². The Labute approximate surface area is 316 Å². The van der Waals surface area contributed by atoms with E-state index in [0.29, 0.717) is 72.7 Å². The molecule has 0 saturated carbocycles. The Kier molecular flexibility index (Phi) is 11.3. The monoisotopic (exact) mass is 778 g/mol. The number of aromatic nitrogens is 4. The van der Waals surface area contributed by atoms with Crippen molar-refractivity contribution in [2.24, 2.45) is 4.99 Å². The van der Waals surface area contributed by atoms with E-state index in [-0.39, 0.29) is 22.4 Å². The van der Waals surface area contributed by atoms with E-state index in [9.17, 15) is 19.7 Å². The Balaban J connectivity index is 1.55. The van der Waals surface area contributed by atoms with Gasteiger partial charge in [0.05, 0.1) is 34.4 Å². The minimum Gasteiger partial charge on any atom is -0.496 e. The number of nitro groups is 1. The molecule has 0 unspecified atom stereocenters. The number of hydrogen-bond donors (Lipinski definition) is 0. The van der Waals surface area contributed by atoms with Crippen molar-refractivity contribution in [3.8, 4) is 17.1 Å². The molecule has 268 valence electrons. The minimum absolute atomic E-state index is 0.116. The lowest BCUT2D eigenvalue weighted by Crippen LogP contribution is -2.40. The molecule has 52 heavy (non-hydrogen) atoms. The molecule has 0 saturated heterocycles. The fourth-order valence-corrected chi connectivity index (χ4v) is 8.28. The number of nitrogens with zero attached hydrogens (tertiary/aromatic N) is 6. The van der Waals surface area contributed by atoms with Crippen molar-refractivity contribution in [2.75, 3.05) is 13.7 Å². The number of halogens is 2. The normalized spacial score (nSPS) is 14.3. The topological polar surface area (TPSA) is 144 Å². The summed E-state index contributed by atoms with van der Waals surface area (Å²) >= 11 is 15.1. The molecule has 0 N–H and O–H groups in total. The maximum Gasteiger partial charge on any atom is 0.338 e. The van der Waals surface area contributed by atoms with Crippen LogP contribution in [0.25, 0.3) is 17.5 Å². The summed E-state index contributed by atoms with van der Waals surface area (Å²) in [5.41, 5.74) is 1.76. The number of carbonyl (C=O) groups is 1. The molecule has 0 aliphatic carbocycles. The van der Waals surface area contributed by atoms with Crippen molar-refractivity contribution >= 4 is 64.0 Å². The van der Waals surface area contributed by atoms with Crippen LogP contribution < -0.4 is 19.6 Å². The second-order valence-electron chi connectivity index (χ2n) is 11.4. The average molecular weight is 780 g/mol. The van der Waals surface area contributed by atoms with Crippen LogP contribution >= 0.6 is 46.3 Å². The number of fused-ring (bicyclic) bond motifs is 1. The summed E-state index contributed by atoms with van der Waals surface area (Å²) in [5, 5.41) is 22.3. The first-order valence-electron chi connectivity index (χ1n) is 16.3. The van der Waals surface area contributed by atoms with Gasteiger partial charge in [-0.3, -0.25) is 19.5 Å². The molecule has 3 heterocycles. The summed E-state index contributed by atoms with van der Waals surface area (Å²) in [7, 11) is 1.50. The lowest BCUT2D eigenvalue weighted by molar-refractivity contribution is -0.384. The summed E-state index contributed by atoms with van der Waals surface area (Å²) in [6.45, 7) is 6.28. The first-order chi connectivity index (χ1) is 25.1. The number of benzene rings is 3. The van der Waals surface area contributed by atoms with Crippen LogP contribution in [0, 0.1) is 10.1 Å². The molecule has 0 bridgehead atoms. The molecular formula is C36H32Cl2N6O6S2. The molecule has 6 rings (SSSR count). The van der Waals surface area contributed by atoms with E-state index in [4.69, 9.17) is 37.7 Å². The molecule has 0 radical (unpaired) electrons. The van der Waals surface area contributed by atoms with Crippen molar-refractivity contribution in [2.45, 2.75) is 56.3 Å². The van der Waals surface area contributed by atoms with Gasteiger partial charge in [0.1, 0.15) is 11.8 Å². The van der Waals surface area contributed by atoms with Crippen molar-refractivity contribution in [1.82, 2.24) is 19.3 Å². The number of rotatable bonds is 12. The fraction of sp³-hybridized carbons (Fsp3) is 0.250. The Morgan fingerprint density at radius 1 is 1.08 bits per heavy atom. The van der Waals surface area contributed by atoms with Gasteiger partial charge in [-0.2, -0.15) is 0 Å². The van der Waals surface area contributed by atoms with Crippen LogP contribution in [0.1, 0.15) is 50.8 Å². The highest BCUT2D eigenvalue weighted by atomic mass is 35.5. The number of ether oxygens (including phenoxy) is 2. The number of non-ortho nitro benzene ring substituents is 1. The summed E-state index contributed by atoms with van der Waals surface area (Å²) in [5.74, 6) is 0.421. The van der Waals surface area contributed by atoms with Gasteiger partial charge in [-0.1, -0.05) is 60.0 Å². The molecule has 5 aromatic rings. The molecule has 1 aliphatic rings. The van der Waals surface area contributed by atoms with E-state index in [1.54, 1.807) is 49.4 Å². The number of thiazole rings is 1. The highest BCUT2D eigenvalue weighted by Gasteiger charge is 2.36. The number of nitro benzene ring substituents is 1. The molecule has 16 heteroatoms. The molecular weight excluding hydrogens is 747 g/mol. The van der Waals surface area contributed by atoms with E-state index in [2.05, 4.69) is 10.2 Å². The van der Waals surface area contributed by atoms with Gasteiger partial charge >= 0.3 is 5.97 Å². The van der Waals surface area contributed by atoms with Crippen LogP contribution in [-0.2, 0) is 16.1 Å². The predicted octanol–water partition coefficient (Wildman–Crippen LogP) is 7.23. The van der Waals surface area contributed by atoms with E-state index in [1.807, 2.05) is 30.5 Å². The molecule has 3 aromatic carbocycles. The molecule has 0 fully saturated rings. The van der Waals surface area contributed by atoms with Crippen molar-refractivity contribution in [3.05, 3.63) is 123 Å². The molecule has 2 aromatic heterocycles. The van der Waals surface area contributed by atoms with Crippen LogP contribution in [0.3, 0.4) is 0 Å². The third-order valence-electron chi connectivity index (χ3n) is 8.19. The first kappa shape index (κ1) is 37.0. The van der Waals surface area contributed by atoms with E-state index >= 15 is 0 Å². The largest absolute Gasteiger partial charge is 0.496 e. The smallest absolute Gasteiger partial charge is 0.338 e. The number of hydrogen-bond acceptors (Lipinski definition) is 11. The second-order valence-corrected chi connectivity index (χ2v) is 14.3. The molecule has 0 amide bonds. The van der Waals surface area contributed by atoms with Gasteiger partial charge in [0.2, 0.25) is 0 Å². The van der Waals surface area contributed by atoms with Gasteiger partial charge in [0, 0.05) is 44.7 Å². The zero-order valence-electron chi connectivity index (χ0n) is 28.5. The second kappa shape index (κ2) is 15.9. The number of methoxy groups -OCH3 is 1. The summed E-state index contributed by atoms with van der Waals surface area (Å²) < 4.78 is 14.8. The maximum absolute atomic E-state index is 14.5. The Bertz CT molecular complexity index is 2420. The van der Waals surface area contributed by atoms with Crippen LogP contribution in [0.15, 0.2) is 91.8 Å². The van der Waals surface area contributed by atoms with E-state index < -0.39 is 22.5 Å². The van der Waals surface area contributed by atoms with Crippen molar-refractivity contribution in [3.63, 3.8) is 0 Å². The van der Waals surface area contributed by atoms with Gasteiger partial charge in [0.25, 0.3) is 11.2 Å². The third kappa shape index (κ3) is 7.29. The zero-order valence-corrected chi connectivity index (χ0v) is 31.6. The fourth-order valence-electron chi connectivity index (χ4n) is 5.92. The zero-order chi connectivity index (χ0) is 37.1. The van der Waals surface area contributed by atoms with Crippen LogP contribution in [0.5, 0.6) is 5.75 Å². The quantitative estimate of drug-likeness (QED) is 0.0728. The van der Waals surface area contributed by atoms with Crippen LogP contribution in [-0.4, -0.2) is 43.9 Å². The molecule has 1 atom stereocenters. The van der Waals surface area contributed by atoms with Crippen molar-refractivity contribution in [1.29, 1.82) is 0 Å². The Hall–Kier alpha value is -4.76. The highest BCUT2D eigenvalue weighted by Crippen LogP contribution is 2.39. The molecule has 12 nitrogen and oxygen atoms in total. The van der Waals surface area contributed by atoms with E-state index in [1.165, 1.54) is 35.6 Å². The summed E-state index contributed by atoms with van der Waals surface area (Å²) in [4.78, 5) is 45.3. The SMILES string of the molecule is CCCC1=C(C(=O)OCC)[C@@H](c2cc(Cl)ccc2OC)n2c(s/c(=C\c3cc([N+](=O)[O-])ccc3Sc3nnc(-c4cccc(Cl)c4)n3CC)c2=O)=N1. The van der Waals surface area contributed by atoms with Gasteiger partial charge in [0.15, 0.2) is 15.8 Å². The number of esters is 1. The average Bonchev–Trinajstić information content (AvgIpc) is 3.67. The lowest BCUT2D eigenvalue weighted by atomic mass is 9.93. The first-order valence-corrected chi connectivity index (χ1v) is 18.7. The van der Waals surface area contributed by atoms with Crippen LogP contribution in [0.2, 0.25) is 10.0 Å². The van der Waals surface area contributed by atoms with Crippen molar-refractivity contribution < 1.29 is 19.2 Å². The molecule has 0 spiro atoms. The Morgan fingerprint density at radius 2 is 1.87 bits per heavy atom. The standard InChI is InChI=1S/C36H32Cl2N6O6S2/c1-5-9-26-30(34(46)50-7-3)31(25-19-23(38)12-14-27(25)49-4)43-33(45)29(52-35(43)39-26)18-21-17-24(44(47)48)13-15-28(21)51-36-41-40-32(42(36)6-2)20-10-8-11-22(37)16-20/h8,10-19,31H,5-7,9H2,1-4H3/b29-18-/t31-/m1/s1. The van der Waals surface area contributed by atoms with Crippen LogP contribution in [0.4, 0.5) is 5.69 Å². The van der Waals surface area contributed by atoms with Gasteiger partial charge in [-0.25, -0.2) is 9.79 Å². The maximum atomic E-state index is 14.5. The summed E-state index contributed by atoms with van der Waals surface area (Å²) in [6.07, 6.45) is 2.72. The van der Waals surface area contributed by atoms with Gasteiger partial charge in [-0.15, -0.1) is 10.2 Å². The highest BCUT2D eigenvalue weighted by molar-refractivity contribution is 7.99. The lowest BCUT2D eigenvalue weighted by Gasteiger charge is -2.27. The number of allylic oxidation sites excluding steroid dienone is 1. The predicted molar refractivity (Wildman–Crippen MR) is 201 cm³/mol. The third-order valence-corrected chi connectivity index (χ3v) is 10.7. The minimum atomic E-state index is -0.973.